The maximum Gasteiger partial charge on any atom is 0.414 e. The number of ether oxygens (including phenoxy) is 2. The molecule has 1 aliphatic rings. The summed E-state index contributed by atoms with van der Waals surface area (Å²) in [6.45, 7) is 5.66. The standard InChI is InChI=1S/C10H15NO5/c1-10(2,3)16-9(14)11-4-5-15-7(6-11)8(12)13/h6H,4-5H2,1-3H3,(H,12,13). The molecule has 0 atom stereocenters. The largest absolute Gasteiger partial charge is 0.484 e. The van der Waals surface area contributed by atoms with Crippen molar-refractivity contribution in [2.45, 2.75) is 26.4 Å². The van der Waals surface area contributed by atoms with Gasteiger partial charge < -0.3 is 14.6 Å². The third-order valence-electron chi connectivity index (χ3n) is 1.70. The summed E-state index contributed by atoms with van der Waals surface area (Å²) in [6, 6.07) is 0. The highest BCUT2D eigenvalue weighted by atomic mass is 16.6. The summed E-state index contributed by atoms with van der Waals surface area (Å²) in [5.41, 5.74) is -0.605. The number of carboxylic acids is 1. The van der Waals surface area contributed by atoms with Crippen molar-refractivity contribution in [2.75, 3.05) is 13.2 Å². The second-order valence-electron chi connectivity index (χ2n) is 4.32. The first-order chi connectivity index (χ1) is 7.29. The van der Waals surface area contributed by atoms with Gasteiger partial charge in [0.2, 0.25) is 5.76 Å². The summed E-state index contributed by atoms with van der Waals surface area (Å²) < 4.78 is 9.96. The van der Waals surface area contributed by atoms with Crippen LogP contribution < -0.4 is 0 Å². The smallest absolute Gasteiger partial charge is 0.414 e. The Morgan fingerprint density at radius 1 is 1.50 bits per heavy atom. The topological polar surface area (TPSA) is 76.1 Å². The fourth-order valence-corrected chi connectivity index (χ4v) is 1.08. The van der Waals surface area contributed by atoms with E-state index in [4.69, 9.17) is 14.6 Å². The molecule has 1 heterocycles. The van der Waals surface area contributed by atoms with Gasteiger partial charge in [0.05, 0.1) is 12.7 Å². The first kappa shape index (κ1) is 12.4. The quantitative estimate of drug-likeness (QED) is 0.730. The van der Waals surface area contributed by atoms with Crippen LogP contribution in [0.15, 0.2) is 12.0 Å². The van der Waals surface area contributed by atoms with Crippen molar-refractivity contribution >= 4 is 12.1 Å². The highest BCUT2D eigenvalue weighted by Crippen LogP contribution is 2.14. The number of nitrogens with zero attached hydrogens (tertiary/aromatic N) is 1. The molecule has 0 aromatic heterocycles. The molecule has 0 aromatic carbocycles. The van der Waals surface area contributed by atoms with Crippen LogP contribution in [0.1, 0.15) is 20.8 Å². The highest BCUT2D eigenvalue weighted by molar-refractivity contribution is 5.85. The molecular weight excluding hydrogens is 214 g/mol. The molecule has 0 aromatic rings. The number of carbonyl (C=O) groups is 2. The predicted molar refractivity (Wildman–Crippen MR) is 54.6 cm³/mol. The Hall–Kier alpha value is -1.72. The van der Waals surface area contributed by atoms with Crippen molar-refractivity contribution < 1.29 is 24.2 Å². The maximum atomic E-state index is 11.6. The molecule has 0 fully saturated rings. The number of hydrogen-bond acceptors (Lipinski definition) is 4. The van der Waals surface area contributed by atoms with E-state index in [1.807, 2.05) is 0 Å². The van der Waals surface area contributed by atoms with Crippen LogP contribution in [0, 0.1) is 0 Å². The second-order valence-corrected chi connectivity index (χ2v) is 4.32. The van der Waals surface area contributed by atoms with Gasteiger partial charge in [-0.2, -0.15) is 0 Å². The molecule has 1 amide bonds. The van der Waals surface area contributed by atoms with Crippen LogP contribution in [0.4, 0.5) is 4.79 Å². The molecule has 1 N–H and O–H groups in total. The van der Waals surface area contributed by atoms with E-state index >= 15 is 0 Å². The number of amides is 1. The lowest BCUT2D eigenvalue weighted by Gasteiger charge is -2.27. The molecule has 16 heavy (non-hydrogen) atoms. The summed E-state index contributed by atoms with van der Waals surface area (Å²) in [6.07, 6.45) is 0.564. The van der Waals surface area contributed by atoms with Gasteiger partial charge in [-0.1, -0.05) is 0 Å². The number of carboxylic acid groups (broad SMARTS) is 1. The van der Waals surface area contributed by atoms with E-state index in [9.17, 15) is 9.59 Å². The summed E-state index contributed by atoms with van der Waals surface area (Å²) in [5, 5.41) is 8.70. The predicted octanol–water partition coefficient (Wildman–Crippen LogP) is 1.18. The summed E-state index contributed by atoms with van der Waals surface area (Å²) in [7, 11) is 0. The average Bonchev–Trinajstić information content (AvgIpc) is 2.15. The van der Waals surface area contributed by atoms with Crippen molar-refractivity contribution in [3.8, 4) is 0 Å². The van der Waals surface area contributed by atoms with Crippen LogP contribution in [0.3, 0.4) is 0 Å². The van der Waals surface area contributed by atoms with Crippen LogP contribution in [0.2, 0.25) is 0 Å². The van der Waals surface area contributed by atoms with Gasteiger partial charge >= 0.3 is 12.1 Å². The molecule has 0 bridgehead atoms. The molecule has 0 unspecified atom stereocenters. The van der Waals surface area contributed by atoms with Crippen molar-refractivity contribution in [3.63, 3.8) is 0 Å². The van der Waals surface area contributed by atoms with E-state index < -0.39 is 17.7 Å². The molecule has 0 spiro atoms. The fraction of sp³-hybridized carbons (Fsp3) is 0.600. The summed E-state index contributed by atoms with van der Waals surface area (Å²) in [4.78, 5) is 23.4. The third kappa shape index (κ3) is 3.45. The zero-order valence-electron chi connectivity index (χ0n) is 9.52. The molecule has 0 saturated carbocycles. The van der Waals surface area contributed by atoms with E-state index in [1.165, 1.54) is 4.90 Å². The molecule has 0 radical (unpaired) electrons. The molecular formula is C10H15NO5. The molecule has 0 aliphatic carbocycles. The summed E-state index contributed by atoms with van der Waals surface area (Å²) >= 11 is 0. The van der Waals surface area contributed by atoms with E-state index in [2.05, 4.69) is 0 Å². The molecule has 1 rings (SSSR count). The van der Waals surface area contributed by atoms with Crippen LogP contribution in [-0.4, -0.2) is 40.8 Å². The van der Waals surface area contributed by atoms with Gasteiger partial charge in [0.25, 0.3) is 0 Å². The third-order valence-corrected chi connectivity index (χ3v) is 1.70. The lowest BCUT2D eigenvalue weighted by atomic mass is 10.2. The van der Waals surface area contributed by atoms with Crippen LogP contribution in [0.5, 0.6) is 0 Å². The van der Waals surface area contributed by atoms with Gasteiger partial charge in [-0.25, -0.2) is 9.59 Å². The Balaban J connectivity index is 2.70. The SMILES string of the molecule is CC(C)(C)OC(=O)N1C=C(C(=O)O)OCC1. The zero-order chi connectivity index (χ0) is 12.3. The van der Waals surface area contributed by atoms with Crippen LogP contribution in [0.25, 0.3) is 0 Å². The number of hydrogen-bond donors (Lipinski definition) is 1. The number of aliphatic carboxylic acids is 1. The second kappa shape index (κ2) is 4.42. The number of rotatable bonds is 1. The average molecular weight is 229 g/mol. The Bertz CT molecular complexity index is 329. The summed E-state index contributed by atoms with van der Waals surface area (Å²) in [5.74, 6) is -1.45. The van der Waals surface area contributed by atoms with Crippen molar-refractivity contribution in [2.24, 2.45) is 0 Å². The first-order valence-electron chi connectivity index (χ1n) is 4.87. The molecule has 90 valence electrons. The molecule has 6 heteroatoms. The van der Waals surface area contributed by atoms with Gasteiger partial charge in [0.15, 0.2) is 0 Å². The van der Waals surface area contributed by atoms with Gasteiger partial charge in [-0.15, -0.1) is 0 Å². The zero-order valence-corrected chi connectivity index (χ0v) is 9.52. The van der Waals surface area contributed by atoms with Crippen molar-refractivity contribution in [1.29, 1.82) is 0 Å². The lowest BCUT2D eigenvalue weighted by molar-refractivity contribution is -0.137. The Morgan fingerprint density at radius 3 is 2.62 bits per heavy atom. The number of carbonyl (C=O) groups excluding carboxylic acids is 1. The van der Waals surface area contributed by atoms with Gasteiger partial charge in [-0.3, -0.25) is 4.90 Å². The van der Waals surface area contributed by atoms with Crippen molar-refractivity contribution in [3.05, 3.63) is 12.0 Å². The molecule has 0 saturated heterocycles. The Kier molecular flexibility index (Phi) is 3.41. The fourth-order valence-electron chi connectivity index (χ4n) is 1.08. The minimum absolute atomic E-state index is 0.150. The van der Waals surface area contributed by atoms with Gasteiger partial charge in [0.1, 0.15) is 12.2 Å². The molecule has 6 nitrogen and oxygen atoms in total. The van der Waals surface area contributed by atoms with E-state index in [0.29, 0.717) is 0 Å². The van der Waals surface area contributed by atoms with Crippen LogP contribution in [-0.2, 0) is 14.3 Å². The van der Waals surface area contributed by atoms with E-state index in [0.717, 1.165) is 6.20 Å². The minimum Gasteiger partial charge on any atom is -0.484 e. The van der Waals surface area contributed by atoms with E-state index in [-0.39, 0.29) is 18.9 Å². The van der Waals surface area contributed by atoms with Gasteiger partial charge in [0, 0.05) is 0 Å². The Morgan fingerprint density at radius 2 is 2.12 bits per heavy atom. The first-order valence-corrected chi connectivity index (χ1v) is 4.87. The Labute approximate surface area is 93.4 Å². The normalized spacial score (nSPS) is 16.2. The van der Waals surface area contributed by atoms with Crippen molar-refractivity contribution in [1.82, 2.24) is 4.90 Å². The van der Waals surface area contributed by atoms with Crippen LogP contribution >= 0.6 is 0 Å². The monoisotopic (exact) mass is 229 g/mol. The lowest BCUT2D eigenvalue weighted by Crippen LogP contribution is -2.38. The highest BCUT2D eigenvalue weighted by Gasteiger charge is 2.25. The van der Waals surface area contributed by atoms with Gasteiger partial charge in [-0.05, 0) is 20.8 Å². The molecule has 1 aliphatic heterocycles. The van der Waals surface area contributed by atoms with E-state index in [1.54, 1.807) is 20.8 Å². The maximum absolute atomic E-state index is 11.6. The minimum atomic E-state index is -1.20.